The lowest BCUT2D eigenvalue weighted by Gasteiger charge is -2.51. The van der Waals surface area contributed by atoms with Gasteiger partial charge in [0.2, 0.25) is 0 Å². The summed E-state index contributed by atoms with van der Waals surface area (Å²) in [6.07, 6.45) is 9.10. The zero-order chi connectivity index (χ0) is 16.2. The Morgan fingerprint density at radius 2 is 1.96 bits per heavy atom. The Bertz CT molecular complexity index is 776. The molecule has 0 unspecified atom stereocenters. The second-order valence-electron chi connectivity index (χ2n) is 6.81. The Balaban J connectivity index is 1.77. The van der Waals surface area contributed by atoms with E-state index in [2.05, 4.69) is 25.3 Å². The van der Waals surface area contributed by atoms with Crippen molar-refractivity contribution in [3.63, 3.8) is 0 Å². The first-order valence-corrected chi connectivity index (χ1v) is 8.68. The third-order valence-corrected chi connectivity index (χ3v) is 6.43. The molecule has 2 heterocycles. The van der Waals surface area contributed by atoms with Gasteiger partial charge in [-0.05, 0) is 54.5 Å². The van der Waals surface area contributed by atoms with Crippen LogP contribution < -0.4 is 5.73 Å². The molecule has 7 heteroatoms. The van der Waals surface area contributed by atoms with Gasteiger partial charge in [0.25, 0.3) is 0 Å². The Hall–Kier alpha value is -1.63. The van der Waals surface area contributed by atoms with E-state index in [1.807, 2.05) is 6.20 Å². The third kappa shape index (κ3) is 1.95. The number of nitrogens with two attached hydrogens (primary N) is 1. The summed E-state index contributed by atoms with van der Waals surface area (Å²) < 4.78 is 7.84. The van der Waals surface area contributed by atoms with Gasteiger partial charge in [-0.1, -0.05) is 0 Å². The van der Waals surface area contributed by atoms with E-state index in [0.29, 0.717) is 5.82 Å². The highest BCUT2D eigenvalue weighted by molar-refractivity contribution is 9.10. The maximum atomic E-state index is 12.2. The van der Waals surface area contributed by atoms with Crippen molar-refractivity contribution in [2.24, 2.45) is 5.41 Å². The number of hydrogen-bond donors (Lipinski definition) is 1. The molecule has 0 saturated heterocycles. The summed E-state index contributed by atoms with van der Waals surface area (Å²) in [5, 5.41) is 0. The summed E-state index contributed by atoms with van der Waals surface area (Å²) >= 11 is 3.52. The van der Waals surface area contributed by atoms with Gasteiger partial charge in [-0.2, -0.15) is 0 Å². The number of esters is 1. The Morgan fingerprint density at radius 1 is 1.30 bits per heavy atom. The van der Waals surface area contributed by atoms with Crippen LogP contribution in [0.25, 0.3) is 5.52 Å². The minimum atomic E-state index is -0.276. The van der Waals surface area contributed by atoms with E-state index < -0.39 is 0 Å². The van der Waals surface area contributed by atoms with Crippen LogP contribution in [0.15, 0.2) is 17.0 Å². The summed E-state index contributed by atoms with van der Waals surface area (Å²) in [5.74, 6) is 1.46. The number of fused-ring (bicyclic) bond motifs is 4. The number of aromatic nitrogens is 3. The number of halogens is 1. The lowest BCUT2D eigenvalue weighted by Crippen LogP contribution is -2.49. The minimum absolute atomic E-state index is 0.0124. The van der Waals surface area contributed by atoms with Crippen molar-refractivity contribution in [3.05, 3.63) is 22.8 Å². The summed E-state index contributed by atoms with van der Waals surface area (Å²) in [6.45, 7) is 0. The van der Waals surface area contributed by atoms with Gasteiger partial charge in [0.05, 0.1) is 12.5 Å². The van der Waals surface area contributed by atoms with Crippen molar-refractivity contribution in [2.75, 3.05) is 12.8 Å². The van der Waals surface area contributed by atoms with E-state index in [1.54, 1.807) is 6.20 Å². The van der Waals surface area contributed by atoms with Gasteiger partial charge in [-0.15, -0.1) is 0 Å². The molecule has 122 valence electrons. The standard InChI is InChI=1S/C16H19BrN4O2/c1-23-14(22)16-5-2-15(3-6-16,4-7-16)13-20-11(17)10-12(18)19-8-9-21(10)13/h8-9H,2-7H2,1H3,(H2,18,19). The molecule has 2 aromatic rings. The van der Waals surface area contributed by atoms with Gasteiger partial charge < -0.3 is 10.5 Å². The zero-order valence-electron chi connectivity index (χ0n) is 13.0. The van der Waals surface area contributed by atoms with Crippen LogP contribution in [-0.2, 0) is 14.9 Å². The first kappa shape index (κ1) is 14.9. The van der Waals surface area contributed by atoms with Crippen LogP contribution in [0.5, 0.6) is 0 Å². The van der Waals surface area contributed by atoms with Gasteiger partial charge >= 0.3 is 5.97 Å². The predicted octanol–water partition coefficient (Wildman–Crippen LogP) is 2.84. The van der Waals surface area contributed by atoms with Gasteiger partial charge in [-0.3, -0.25) is 9.20 Å². The Labute approximate surface area is 142 Å². The molecule has 3 fully saturated rings. The maximum absolute atomic E-state index is 12.2. The van der Waals surface area contributed by atoms with Crippen molar-refractivity contribution in [2.45, 2.75) is 43.9 Å². The number of ether oxygens (including phenoxy) is 1. The smallest absolute Gasteiger partial charge is 0.311 e. The molecule has 0 aromatic carbocycles. The molecule has 3 aliphatic carbocycles. The van der Waals surface area contributed by atoms with Crippen LogP contribution in [0.3, 0.4) is 0 Å². The molecule has 2 bridgehead atoms. The van der Waals surface area contributed by atoms with E-state index in [1.165, 1.54) is 7.11 Å². The number of nitrogens with zero attached hydrogens (tertiary/aromatic N) is 3. The number of anilines is 1. The lowest BCUT2D eigenvalue weighted by molar-refractivity contribution is -0.160. The fourth-order valence-electron chi connectivity index (χ4n) is 4.44. The van der Waals surface area contributed by atoms with E-state index in [4.69, 9.17) is 15.5 Å². The molecule has 0 radical (unpaired) electrons. The molecule has 2 aromatic heterocycles. The van der Waals surface area contributed by atoms with E-state index in [9.17, 15) is 4.79 Å². The van der Waals surface area contributed by atoms with E-state index in [-0.39, 0.29) is 16.8 Å². The zero-order valence-corrected chi connectivity index (χ0v) is 14.6. The monoisotopic (exact) mass is 378 g/mol. The number of rotatable bonds is 2. The van der Waals surface area contributed by atoms with E-state index >= 15 is 0 Å². The van der Waals surface area contributed by atoms with Gasteiger partial charge in [-0.25, -0.2) is 9.97 Å². The first-order valence-electron chi connectivity index (χ1n) is 7.88. The second kappa shape index (κ2) is 4.93. The summed E-state index contributed by atoms with van der Waals surface area (Å²) in [7, 11) is 1.49. The van der Waals surface area contributed by atoms with Crippen molar-refractivity contribution >= 4 is 33.2 Å². The third-order valence-electron chi connectivity index (χ3n) is 5.88. The molecule has 6 nitrogen and oxygen atoms in total. The summed E-state index contributed by atoms with van der Waals surface area (Å²) in [4.78, 5) is 21.1. The number of hydrogen-bond acceptors (Lipinski definition) is 5. The topological polar surface area (TPSA) is 82.5 Å². The Morgan fingerprint density at radius 3 is 2.57 bits per heavy atom. The van der Waals surface area contributed by atoms with Crippen LogP contribution in [0.1, 0.15) is 44.3 Å². The summed E-state index contributed by atoms with van der Waals surface area (Å²) in [5.41, 5.74) is 6.57. The van der Waals surface area contributed by atoms with Crippen molar-refractivity contribution in [3.8, 4) is 0 Å². The molecule has 2 N–H and O–H groups in total. The van der Waals surface area contributed by atoms with Crippen LogP contribution in [-0.4, -0.2) is 27.4 Å². The first-order chi connectivity index (χ1) is 11.0. The average Bonchev–Trinajstić information content (AvgIpc) is 2.94. The van der Waals surface area contributed by atoms with Crippen molar-refractivity contribution < 1.29 is 9.53 Å². The van der Waals surface area contributed by atoms with Crippen molar-refractivity contribution in [1.29, 1.82) is 0 Å². The number of methoxy groups -OCH3 is 1. The highest BCUT2D eigenvalue weighted by Gasteiger charge is 2.55. The fraction of sp³-hybridized carbons (Fsp3) is 0.562. The van der Waals surface area contributed by atoms with Crippen LogP contribution >= 0.6 is 15.9 Å². The van der Waals surface area contributed by atoms with Crippen LogP contribution in [0, 0.1) is 5.41 Å². The van der Waals surface area contributed by atoms with Crippen LogP contribution in [0.4, 0.5) is 5.82 Å². The SMILES string of the molecule is COC(=O)C12CCC(c3nc(Br)c4c(N)nccn34)(CC1)CC2. The lowest BCUT2D eigenvalue weighted by atomic mass is 9.53. The fourth-order valence-corrected chi connectivity index (χ4v) is 5.00. The maximum Gasteiger partial charge on any atom is 0.311 e. The molecule has 23 heavy (non-hydrogen) atoms. The second-order valence-corrected chi connectivity index (χ2v) is 7.56. The largest absolute Gasteiger partial charge is 0.469 e. The molecule has 0 atom stereocenters. The summed E-state index contributed by atoms with van der Waals surface area (Å²) in [6, 6.07) is 0. The van der Waals surface area contributed by atoms with Gasteiger partial charge in [0, 0.05) is 17.8 Å². The predicted molar refractivity (Wildman–Crippen MR) is 88.9 cm³/mol. The number of nitrogen functional groups attached to an aromatic ring is 1. The van der Waals surface area contributed by atoms with Crippen LogP contribution in [0.2, 0.25) is 0 Å². The molecule has 0 spiro atoms. The molecular formula is C16H19BrN4O2. The highest BCUT2D eigenvalue weighted by atomic mass is 79.9. The van der Waals surface area contributed by atoms with Crippen molar-refractivity contribution in [1.82, 2.24) is 14.4 Å². The molecule has 0 aliphatic heterocycles. The molecule has 3 saturated carbocycles. The number of carbonyl (C=O) groups is 1. The number of carbonyl (C=O) groups excluding carboxylic acids is 1. The number of imidazole rings is 1. The Kier molecular flexibility index (Phi) is 3.20. The minimum Gasteiger partial charge on any atom is -0.469 e. The molecule has 5 rings (SSSR count). The van der Waals surface area contributed by atoms with E-state index in [0.717, 1.165) is 54.5 Å². The quantitative estimate of drug-likeness (QED) is 0.812. The molecular weight excluding hydrogens is 360 g/mol. The normalized spacial score (nSPS) is 29.8. The average molecular weight is 379 g/mol. The van der Waals surface area contributed by atoms with Gasteiger partial charge in [0.1, 0.15) is 15.9 Å². The highest BCUT2D eigenvalue weighted by Crippen LogP contribution is 2.58. The van der Waals surface area contributed by atoms with Gasteiger partial charge in [0.15, 0.2) is 5.82 Å². The molecule has 0 amide bonds. The molecule has 3 aliphatic rings.